The predicted molar refractivity (Wildman–Crippen MR) is 112 cm³/mol. The first-order valence-electron chi connectivity index (χ1n) is 12.1. The largest absolute Gasteiger partial charge is 0.458 e. The zero-order chi connectivity index (χ0) is 22.2. The van der Waals surface area contributed by atoms with E-state index in [2.05, 4.69) is 0 Å². The average molecular weight is 419 g/mol. The lowest BCUT2D eigenvalue weighted by atomic mass is 9.97. The van der Waals surface area contributed by atoms with Gasteiger partial charge < -0.3 is 30.5 Å². The Hall–Kier alpha value is -0.730. The molecule has 0 amide bonds. The van der Waals surface area contributed by atoms with E-state index < -0.39 is 43.2 Å². The van der Waals surface area contributed by atoms with E-state index in [4.69, 9.17) is 16.6 Å². The van der Waals surface area contributed by atoms with Gasteiger partial charge >= 0.3 is 5.97 Å². The molecule has 1 aliphatic rings. The minimum atomic E-state index is -1.39. The molecule has 172 valence electrons. The molecular formula is C22H43NO6. The molecule has 1 unspecified atom stereocenters. The van der Waals surface area contributed by atoms with E-state index in [1.165, 1.54) is 57.8 Å². The number of nitrogens with two attached hydrogens (primary N) is 1. The van der Waals surface area contributed by atoms with Crippen molar-refractivity contribution in [2.24, 2.45) is 5.73 Å². The molecule has 0 saturated carbocycles. The molecule has 0 aromatic carbocycles. The van der Waals surface area contributed by atoms with Crippen molar-refractivity contribution < 1.29 is 31.0 Å². The van der Waals surface area contributed by atoms with Crippen molar-refractivity contribution in [2.75, 3.05) is 6.61 Å². The number of unbranched alkanes of at least 4 members (excludes halogenated alkanes) is 12. The van der Waals surface area contributed by atoms with Gasteiger partial charge in [0.15, 0.2) is 12.4 Å². The summed E-state index contributed by atoms with van der Waals surface area (Å²) in [6.07, 6.45) is 10.6. The first kappa shape index (κ1) is 24.5. The molecule has 0 radical (unpaired) electrons. The molecule has 1 heterocycles. The Balaban J connectivity index is 1.99. The molecule has 5 N–H and O–H groups in total. The van der Waals surface area contributed by atoms with E-state index in [1.54, 1.807) is 0 Å². The highest BCUT2D eigenvalue weighted by Crippen LogP contribution is 2.22. The topological polar surface area (TPSA) is 122 Å². The molecule has 0 aromatic heterocycles. The first-order valence-corrected chi connectivity index (χ1v) is 11.4. The van der Waals surface area contributed by atoms with Crippen LogP contribution in [-0.2, 0) is 14.3 Å². The van der Waals surface area contributed by atoms with Gasteiger partial charge in [-0.25, -0.2) is 0 Å². The number of aliphatic hydroxyl groups is 3. The van der Waals surface area contributed by atoms with Gasteiger partial charge in [-0.15, -0.1) is 0 Å². The fourth-order valence-corrected chi connectivity index (χ4v) is 3.68. The molecule has 1 saturated heterocycles. The van der Waals surface area contributed by atoms with Gasteiger partial charge in [-0.1, -0.05) is 83.9 Å². The second kappa shape index (κ2) is 16.0. The third kappa shape index (κ3) is 10.7. The number of hydrogen-bond donors (Lipinski definition) is 4. The van der Waals surface area contributed by atoms with Crippen LogP contribution < -0.4 is 5.73 Å². The minimum Gasteiger partial charge on any atom is -0.458 e. The number of rotatable bonds is 16. The number of aliphatic hydroxyl groups excluding tert-OH is 3. The number of hydrogen-bond acceptors (Lipinski definition) is 7. The van der Waals surface area contributed by atoms with Crippen LogP contribution in [0.5, 0.6) is 0 Å². The molecule has 1 rings (SSSR count). The van der Waals surface area contributed by atoms with Crippen LogP contribution in [0.1, 0.15) is 98.2 Å². The quantitative estimate of drug-likeness (QED) is 0.224. The lowest BCUT2D eigenvalue weighted by Crippen LogP contribution is -2.63. The fraction of sp³-hybridized carbons (Fsp3) is 0.955. The van der Waals surface area contributed by atoms with E-state index in [-0.39, 0.29) is 6.42 Å². The van der Waals surface area contributed by atoms with Gasteiger partial charge in [0, 0.05) is 7.79 Å². The van der Waals surface area contributed by atoms with Crippen molar-refractivity contribution >= 4 is 5.97 Å². The molecular weight excluding hydrogens is 374 g/mol. The van der Waals surface area contributed by atoms with E-state index in [9.17, 15) is 20.1 Å². The van der Waals surface area contributed by atoms with E-state index in [1.807, 2.05) is 0 Å². The SMILES string of the molecule is [2H]CCCCCCCCCCCCCCCC(=O)O[C@H]1[C@H](O)[C@@H](CO)OC(O)[C@@H]1N. The highest BCUT2D eigenvalue weighted by atomic mass is 16.6. The van der Waals surface area contributed by atoms with Crippen LogP contribution in [0, 0.1) is 0 Å². The van der Waals surface area contributed by atoms with E-state index in [0.29, 0.717) is 6.90 Å². The molecule has 0 aliphatic carbocycles. The standard InChI is InChI=1S/C22H43NO6/c1-2-3-4-5-6-7-8-9-10-11-12-13-14-15-18(25)29-21-19(23)22(27)28-17(16-24)20(21)26/h17,19-22,24,26-27H,2-16,23H2,1H3/t17-,19-,20-,21-,22?/m1/s1/i1D. The van der Waals surface area contributed by atoms with Gasteiger partial charge in [-0.2, -0.15) is 0 Å². The molecule has 1 fully saturated rings. The van der Waals surface area contributed by atoms with Crippen molar-refractivity contribution in [3.05, 3.63) is 0 Å². The third-order valence-corrected chi connectivity index (χ3v) is 5.57. The molecule has 7 heteroatoms. The first-order chi connectivity index (χ1) is 14.5. The molecule has 0 aromatic rings. The van der Waals surface area contributed by atoms with Crippen LogP contribution in [0.15, 0.2) is 0 Å². The molecule has 0 bridgehead atoms. The maximum Gasteiger partial charge on any atom is 0.306 e. The van der Waals surface area contributed by atoms with Gasteiger partial charge in [0.1, 0.15) is 12.2 Å². The summed E-state index contributed by atoms with van der Waals surface area (Å²) in [6.45, 7) is 0.0648. The molecule has 5 atom stereocenters. The van der Waals surface area contributed by atoms with Crippen LogP contribution in [-0.4, -0.2) is 58.5 Å². The smallest absolute Gasteiger partial charge is 0.306 e. The second-order valence-electron chi connectivity index (χ2n) is 8.12. The molecule has 29 heavy (non-hydrogen) atoms. The highest BCUT2D eigenvalue weighted by Gasteiger charge is 2.44. The Labute approximate surface area is 177 Å². The summed E-state index contributed by atoms with van der Waals surface area (Å²) in [5, 5.41) is 29.0. The Kier molecular flexibility index (Phi) is 13.6. The normalized spacial score (nSPS) is 27.6. The summed E-state index contributed by atoms with van der Waals surface area (Å²) < 4.78 is 17.4. The van der Waals surface area contributed by atoms with Gasteiger partial charge in [-0.3, -0.25) is 4.79 Å². The zero-order valence-corrected chi connectivity index (χ0v) is 17.8. The van der Waals surface area contributed by atoms with Crippen molar-refractivity contribution in [3.8, 4) is 0 Å². The summed E-state index contributed by atoms with van der Waals surface area (Å²) in [5.74, 6) is -0.456. The Morgan fingerprint density at radius 3 is 2.00 bits per heavy atom. The monoisotopic (exact) mass is 418 g/mol. The second-order valence-corrected chi connectivity index (χ2v) is 8.12. The summed E-state index contributed by atoms with van der Waals surface area (Å²) in [6, 6.07) is -1.05. The maximum atomic E-state index is 12.0. The lowest BCUT2D eigenvalue weighted by Gasteiger charge is -2.40. The number of carbonyl (C=O) groups excluding carboxylic acids is 1. The highest BCUT2D eigenvalue weighted by molar-refractivity contribution is 5.69. The Morgan fingerprint density at radius 1 is 0.966 bits per heavy atom. The van der Waals surface area contributed by atoms with Crippen molar-refractivity contribution in [1.29, 1.82) is 0 Å². The van der Waals surface area contributed by atoms with Crippen molar-refractivity contribution in [1.82, 2.24) is 0 Å². The number of esters is 1. The Morgan fingerprint density at radius 2 is 1.48 bits per heavy atom. The van der Waals surface area contributed by atoms with E-state index >= 15 is 0 Å². The van der Waals surface area contributed by atoms with Crippen LogP contribution in [0.4, 0.5) is 0 Å². The van der Waals surface area contributed by atoms with Crippen LogP contribution >= 0.6 is 0 Å². The average Bonchev–Trinajstić information content (AvgIpc) is 2.74. The molecule has 7 nitrogen and oxygen atoms in total. The Bertz CT molecular complexity index is 442. The summed E-state index contributed by atoms with van der Waals surface area (Å²) >= 11 is 0. The maximum absolute atomic E-state index is 12.0. The fourth-order valence-electron chi connectivity index (χ4n) is 3.68. The van der Waals surface area contributed by atoms with E-state index in [0.717, 1.165) is 25.7 Å². The lowest BCUT2D eigenvalue weighted by molar-refractivity contribution is -0.254. The molecule has 0 spiro atoms. The van der Waals surface area contributed by atoms with Crippen molar-refractivity contribution in [2.45, 2.75) is 127 Å². The van der Waals surface area contributed by atoms with Gasteiger partial charge in [0.05, 0.1) is 12.6 Å². The summed E-state index contributed by atoms with van der Waals surface area (Å²) in [5.41, 5.74) is 5.76. The summed E-state index contributed by atoms with van der Waals surface area (Å²) in [7, 11) is 0. The van der Waals surface area contributed by atoms with Gasteiger partial charge in [-0.05, 0) is 6.42 Å². The van der Waals surface area contributed by atoms with Gasteiger partial charge in [0.2, 0.25) is 0 Å². The third-order valence-electron chi connectivity index (χ3n) is 5.57. The number of carbonyl (C=O) groups is 1. The zero-order valence-electron chi connectivity index (χ0n) is 18.8. The van der Waals surface area contributed by atoms with Crippen LogP contribution in [0.3, 0.4) is 0 Å². The number of ether oxygens (including phenoxy) is 2. The van der Waals surface area contributed by atoms with Crippen molar-refractivity contribution in [3.63, 3.8) is 0 Å². The van der Waals surface area contributed by atoms with Gasteiger partial charge in [0.25, 0.3) is 0 Å². The molecule has 1 aliphatic heterocycles. The summed E-state index contributed by atoms with van der Waals surface area (Å²) in [4.78, 5) is 12.0. The predicted octanol–water partition coefficient (Wildman–Crippen LogP) is 2.78. The van der Waals surface area contributed by atoms with Crippen LogP contribution in [0.25, 0.3) is 0 Å². The van der Waals surface area contributed by atoms with Crippen LogP contribution in [0.2, 0.25) is 0 Å². The minimum absolute atomic E-state index is 0.247.